The van der Waals surface area contributed by atoms with Gasteiger partial charge in [0.1, 0.15) is 6.10 Å². The zero-order chi connectivity index (χ0) is 21.1. The van der Waals surface area contributed by atoms with E-state index in [1.54, 1.807) is 0 Å². The average molecular weight is 399 g/mol. The Bertz CT molecular complexity index is 921. The van der Waals surface area contributed by atoms with Gasteiger partial charge in [-0.2, -0.15) is 0 Å². The summed E-state index contributed by atoms with van der Waals surface area (Å²) in [7, 11) is 1.30. The molecule has 0 aromatic heterocycles. The Balaban J connectivity index is 1.87. The number of hydrogen-bond donors (Lipinski definition) is 1. The molecule has 3 aromatic rings. The summed E-state index contributed by atoms with van der Waals surface area (Å²) in [6.45, 7) is 4.39. The predicted molar refractivity (Wildman–Crippen MR) is 117 cm³/mol. The number of ether oxygens (including phenoxy) is 1. The van der Waals surface area contributed by atoms with Crippen LogP contribution in [-0.2, 0) is 15.1 Å². The van der Waals surface area contributed by atoms with Crippen LogP contribution < -0.4 is 0 Å². The summed E-state index contributed by atoms with van der Waals surface area (Å²) < 4.78 is 4.77. The van der Waals surface area contributed by atoms with E-state index in [0.29, 0.717) is 6.54 Å². The largest absolute Gasteiger partial charge is 0.466 e. The lowest BCUT2D eigenvalue weighted by Crippen LogP contribution is -2.41. The summed E-state index contributed by atoms with van der Waals surface area (Å²) in [4.78, 5) is 14.2. The molecule has 0 aliphatic carbocycles. The second kappa shape index (κ2) is 8.27. The molecule has 4 nitrogen and oxygen atoms in total. The number of carbonyl (C=O) groups excluding carboxylic acids is 1. The van der Waals surface area contributed by atoms with Gasteiger partial charge in [0, 0.05) is 6.54 Å². The van der Waals surface area contributed by atoms with Gasteiger partial charge in [0.25, 0.3) is 0 Å². The van der Waals surface area contributed by atoms with E-state index in [-0.39, 0.29) is 11.6 Å². The highest BCUT2D eigenvalue weighted by Gasteiger charge is 2.56. The van der Waals surface area contributed by atoms with E-state index >= 15 is 0 Å². The van der Waals surface area contributed by atoms with Crippen LogP contribution in [0.2, 0.25) is 0 Å². The van der Waals surface area contributed by atoms with Crippen LogP contribution in [0, 0.1) is 0 Å². The first-order valence-corrected chi connectivity index (χ1v) is 9.99. The molecule has 4 rings (SSSR count). The average Bonchev–Trinajstić information content (AvgIpc) is 3.61. The minimum absolute atomic E-state index is 0.0769. The second-order valence-corrected chi connectivity index (χ2v) is 7.49. The molecule has 3 aromatic carbocycles. The first-order chi connectivity index (χ1) is 14.6. The minimum Gasteiger partial charge on any atom is -0.466 e. The van der Waals surface area contributed by atoms with Crippen LogP contribution in [0.1, 0.15) is 16.7 Å². The maximum absolute atomic E-state index is 12.0. The fourth-order valence-electron chi connectivity index (χ4n) is 4.33. The number of carbonyl (C=O) groups is 1. The van der Waals surface area contributed by atoms with E-state index in [4.69, 9.17) is 4.74 Å². The Morgan fingerprint density at radius 3 is 1.70 bits per heavy atom. The van der Waals surface area contributed by atoms with Gasteiger partial charge in [-0.1, -0.05) is 97.6 Å². The number of esters is 1. The number of nitrogens with zero attached hydrogens (tertiary/aromatic N) is 1. The molecule has 30 heavy (non-hydrogen) atoms. The van der Waals surface area contributed by atoms with Crippen molar-refractivity contribution in [3.05, 3.63) is 120 Å². The summed E-state index contributed by atoms with van der Waals surface area (Å²) >= 11 is 0. The zero-order valence-electron chi connectivity index (χ0n) is 16.9. The molecule has 1 aliphatic rings. The quantitative estimate of drug-likeness (QED) is 0.285. The number of aliphatic hydroxyl groups excluding tert-OH is 1. The van der Waals surface area contributed by atoms with Crippen LogP contribution in [0.4, 0.5) is 0 Å². The molecule has 3 atom stereocenters. The third kappa shape index (κ3) is 3.34. The lowest BCUT2D eigenvalue weighted by molar-refractivity contribution is -0.137. The highest BCUT2D eigenvalue weighted by Crippen LogP contribution is 2.49. The van der Waals surface area contributed by atoms with Gasteiger partial charge in [0.15, 0.2) is 0 Å². The van der Waals surface area contributed by atoms with Crippen LogP contribution in [-0.4, -0.2) is 41.8 Å². The SMILES string of the molecule is C=C(C(=O)OC)C(O)[C@@H]1CN1C(c1ccccc1)(c1ccccc1)c1ccccc1. The van der Waals surface area contributed by atoms with Crippen LogP contribution in [0.25, 0.3) is 0 Å². The molecule has 1 fully saturated rings. The Hall–Kier alpha value is -3.21. The maximum Gasteiger partial charge on any atom is 0.335 e. The monoisotopic (exact) mass is 399 g/mol. The van der Waals surface area contributed by atoms with Gasteiger partial charge in [0.05, 0.1) is 24.3 Å². The number of methoxy groups -OCH3 is 1. The normalized spacial score (nSPS) is 19.0. The van der Waals surface area contributed by atoms with E-state index in [2.05, 4.69) is 47.9 Å². The molecular formula is C26H25NO3. The fraction of sp³-hybridized carbons (Fsp3) is 0.192. The Kier molecular flexibility index (Phi) is 5.53. The summed E-state index contributed by atoms with van der Waals surface area (Å²) in [5.41, 5.74) is 2.77. The molecule has 1 N–H and O–H groups in total. The maximum atomic E-state index is 12.0. The van der Waals surface area contributed by atoms with Crippen LogP contribution >= 0.6 is 0 Å². The lowest BCUT2D eigenvalue weighted by Gasteiger charge is -2.38. The van der Waals surface area contributed by atoms with Crippen LogP contribution in [0.3, 0.4) is 0 Å². The zero-order valence-corrected chi connectivity index (χ0v) is 16.9. The van der Waals surface area contributed by atoms with E-state index in [1.807, 2.05) is 54.6 Å². The van der Waals surface area contributed by atoms with Crippen LogP contribution in [0.15, 0.2) is 103 Å². The molecule has 1 saturated heterocycles. The van der Waals surface area contributed by atoms with Crippen molar-refractivity contribution in [2.24, 2.45) is 0 Å². The third-order valence-electron chi connectivity index (χ3n) is 5.83. The van der Waals surface area contributed by atoms with Gasteiger partial charge in [-0.3, -0.25) is 4.90 Å². The molecule has 2 unspecified atom stereocenters. The smallest absolute Gasteiger partial charge is 0.335 e. The number of rotatable bonds is 7. The van der Waals surface area contributed by atoms with Gasteiger partial charge in [-0.15, -0.1) is 0 Å². The Morgan fingerprint density at radius 1 is 0.933 bits per heavy atom. The number of benzene rings is 3. The van der Waals surface area contributed by atoms with E-state index in [0.717, 1.165) is 16.7 Å². The lowest BCUT2D eigenvalue weighted by atomic mass is 9.76. The van der Waals surface area contributed by atoms with Crippen molar-refractivity contribution in [3.63, 3.8) is 0 Å². The van der Waals surface area contributed by atoms with Crippen molar-refractivity contribution < 1.29 is 14.6 Å². The van der Waals surface area contributed by atoms with Gasteiger partial charge in [0.2, 0.25) is 0 Å². The Morgan fingerprint density at radius 2 is 1.33 bits per heavy atom. The molecule has 152 valence electrons. The summed E-state index contributed by atoms with van der Waals surface area (Å²) in [6, 6.07) is 30.5. The highest BCUT2D eigenvalue weighted by atomic mass is 16.5. The van der Waals surface area contributed by atoms with Gasteiger partial charge in [-0.25, -0.2) is 4.79 Å². The van der Waals surface area contributed by atoms with E-state index in [9.17, 15) is 9.90 Å². The standard InChI is InChI=1S/C26H25NO3/c1-19(25(29)30-2)24(28)23-18-27(23)26(20-12-6-3-7-13-20,21-14-8-4-9-15-21)22-16-10-5-11-17-22/h3-17,23-24,28H,1,18H2,2H3/t23-,24?,27?/m0/s1. The first kappa shape index (κ1) is 20.1. The molecule has 1 aliphatic heterocycles. The molecule has 0 spiro atoms. The molecule has 4 heteroatoms. The van der Waals surface area contributed by atoms with Gasteiger partial charge < -0.3 is 9.84 Å². The van der Waals surface area contributed by atoms with Crippen molar-refractivity contribution in [3.8, 4) is 0 Å². The predicted octanol–water partition coefficient (Wildman–Crippen LogP) is 3.75. The minimum atomic E-state index is -1.01. The third-order valence-corrected chi connectivity index (χ3v) is 5.83. The fourth-order valence-corrected chi connectivity index (χ4v) is 4.33. The van der Waals surface area contributed by atoms with Crippen LogP contribution in [0.5, 0.6) is 0 Å². The first-order valence-electron chi connectivity index (χ1n) is 9.99. The molecular weight excluding hydrogens is 374 g/mol. The van der Waals surface area contributed by atoms with Gasteiger partial charge in [-0.05, 0) is 16.7 Å². The molecule has 1 heterocycles. The topological polar surface area (TPSA) is 49.5 Å². The molecule has 0 radical (unpaired) electrons. The summed E-state index contributed by atoms with van der Waals surface area (Å²) in [6.07, 6.45) is -1.01. The van der Waals surface area contributed by atoms with Gasteiger partial charge >= 0.3 is 5.97 Å². The van der Waals surface area contributed by atoms with Crippen molar-refractivity contribution in [2.45, 2.75) is 17.7 Å². The second-order valence-electron chi connectivity index (χ2n) is 7.49. The van der Waals surface area contributed by atoms with Crippen molar-refractivity contribution in [1.29, 1.82) is 0 Å². The number of hydrogen-bond acceptors (Lipinski definition) is 4. The summed E-state index contributed by atoms with van der Waals surface area (Å²) in [5, 5.41) is 10.9. The van der Waals surface area contributed by atoms with Crippen molar-refractivity contribution in [2.75, 3.05) is 13.7 Å². The summed E-state index contributed by atoms with van der Waals surface area (Å²) in [5.74, 6) is -0.584. The van der Waals surface area contributed by atoms with E-state index in [1.165, 1.54) is 7.11 Å². The molecule has 0 bridgehead atoms. The van der Waals surface area contributed by atoms with E-state index < -0.39 is 17.6 Å². The number of aliphatic hydroxyl groups is 1. The Labute approximate surface area is 177 Å². The molecule has 0 amide bonds. The highest BCUT2D eigenvalue weighted by molar-refractivity contribution is 5.89. The van der Waals surface area contributed by atoms with Crippen molar-refractivity contribution in [1.82, 2.24) is 4.90 Å². The van der Waals surface area contributed by atoms with Crippen molar-refractivity contribution >= 4 is 5.97 Å². The molecule has 0 saturated carbocycles.